The summed E-state index contributed by atoms with van der Waals surface area (Å²) in [6.07, 6.45) is -1.42. The van der Waals surface area contributed by atoms with Gasteiger partial charge in [0.2, 0.25) is 0 Å². The molecular formula is C16H11F2N5O. The van der Waals surface area contributed by atoms with Crippen molar-refractivity contribution in [1.29, 1.82) is 5.26 Å². The second-order valence-electron chi connectivity index (χ2n) is 5.18. The van der Waals surface area contributed by atoms with Crippen molar-refractivity contribution in [3.05, 3.63) is 58.2 Å². The number of halogens is 2. The molecule has 0 amide bonds. The predicted octanol–water partition coefficient (Wildman–Crippen LogP) is 3.29. The number of anilines is 1. The number of dihydropyridines is 1. The fraction of sp³-hybridized carbons (Fsp3) is 0.188. The average Bonchev–Trinajstić information content (AvgIpc) is 2.98. The first-order chi connectivity index (χ1) is 11.5. The molecule has 3 N–H and O–H groups in total. The lowest BCUT2D eigenvalue weighted by molar-refractivity contribution is 0.179. The number of nitrogens with one attached hydrogen (secondary N) is 1. The quantitative estimate of drug-likeness (QED) is 0.826. The van der Waals surface area contributed by atoms with Gasteiger partial charge >= 0.3 is 0 Å². The smallest absolute Gasteiger partial charge is 0.279 e. The molecule has 0 bridgehead atoms. The number of pyridine rings is 1. The van der Waals surface area contributed by atoms with Crippen LogP contribution in [0.1, 0.15) is 18.6 Å². The molecule has 0 spiro atoms. The van der Waals surface area contributed by atoms with Crippen LogP contribution in [0.5, 0.6) is 0 Å². The van der Waals surface area contributed by atoms with Crippen molar-refractivity contribution in [2.24, 2.45) is 0 Å². The Hall–Kier alpha value is -3.39. The van der Waals surface area contributed by atoms with Crippen LogP contribution in [0.3, 0.4) is 0 Å². The molecule has 3 rings (SSSR count). The number of nitrogen functional groups attached to an aromatic ring is 1. The highest BCUT2D eigenvalue weighted by atomic mass is 19.3. The zero-order valence-corrected chi connectivity index (χ0v) is 12.5. The lowest BCUT2D eigenvalue weighted by Crippen LogP contribution is -2.27. The van der Waals surface area contributed by atoms with Crippen molar-refractivity contribution >= 4 is 16.8 Å². The third-order valence-electron chi connectivity index (χ3n) is 3.80. The van der Waals surface area contributed by atoms with Gasteiger partial charge in [0.15, 0.2) is 5.70 Å². The number of allylic oxidation sites excluding steroid dienone is 3. The number of nitrogens with two attached hydrogens (primary N) is 1. The first kappa shape index (κ1) is 15.5. The van der Waals surface area contributed by atoms with Crippen molar-refractivity contribution in [2.45, 2.75) is 19.3 Å². The maximum atomic E-state index is 13.3. The van der Waals surface area contributed by atoms with Gasteiger partial charge in [-0.05, 0) is 19.1 Å². The van der Waals surface area contributed by atoms with Crippen LogP contribution in [-0.2, 0) is 0 Å². The average molecular weight is 327 g/mol. The fourth-order valence-corrected chi connectivity index (χ4v) is 2.71. The molecule has 2 aromatic rings. The molecule has 0 saturated carbocycles. The highest BCUT2D eigenvalue weighted by Gasteiger charge is 2.36. The lowest BCUT2D eigenvalue weighted by atomic mass is 9.88. The molecule has 0 saturated heterocycles. The van der Waals surface area contributed by atoms with Gasteiger partial charge < -0.3 is 15.5 Å². The second-order valence-corrected chi connectivity index (χ2v) is 5.18. The molecule has 0 radical (unpaired) electrons. The maximum absolute atomic E-state index is 13.3. The minimum Gasteiger partial charge on any atom is -0.461 e. The van der Waals surface area contributed by atoms with Crippen molar-refractivity contribution in [2.75, 3.05) is 5.73 Å². The Morgan fingerprint density at radius 3 is 2.88 bits per heavy atom. The van der Waals surface area contributed by atoms with E-state index in [1.807, 2.05) is 0 Å². The van der Waals surface area contributed by atoms with E-state index in [1.165, 1.54) is 19.2 Å². The summed E-state index contributed by atoms with van der Waals surface area (Å²) in [6.45, 7) is 8.86. The van der Waals surface area contributed by atoms with Crippen LogP contribution in [-0.4, -0.2) is 11.4 Å². The normalized spacial score (nSPS) is 17.8. The SMILES string of the molecule is [C-]#[N+]C1=C(C)NC(C(F)F)=C(C#N)C1c1cc2c(N)nccc2o1. The van der Waals surface area contributed by atoms with Crippen molar-refractivity contribution in [3.63, 3.8) is 0 Å². The van der Waals surface area contributed by atoms with Crippen LogP contribution in [0.2, 0.25) is 0 Å². The molecule has 0 aliphatic carbocycles. The van der Waals surface area contributed by atoms with E-state index in [0.29, 0.717) is 11.0 Å². The third kappa shape index (κ3) is 2.25. The fourth-order valence-electron chi connectivity index (χ4n) is 2.71. The monoisotopic (exact) mass is 327 g/mol. The van der Waals surface area contributed by atoms with Gasteiger partial charge in [0.1, 0.15) is 17.2 Å². The molecule has 1 aliphatic heterocycles. The Kier molecular flexibility index (Phi) is 3.66. The predicted molar refractivity (Wildman–Crippen MR) is 82.2 cm³/mol. The van der Waals surface area contributed by atoms with Gasteiger partial charge in [-0.25, -0.2) is 18.6 Å². The number of nitriles is 1. The van der Waals surface area contributed by atoms with Crippen LogP contribution in [0.25, 0.3) is 15.8 Å². The molecule has 6 nitrogen and oxygen atoms in total. The van der Waals surface area contributed by atoms with Crippen molar-refractivity contribution in [3.8, 4) is 6.07 Å². The number of furan rings is 1. The van der Waals surface area contributed by atoms with E-state index in [4.69, 9.17) is 16.7 Å². The standard InChI is InChI=1S/C16H11F2N5O/c1-7-13(21-2)12(9(6-19)14(23-7)15(17)18)11-5-8-10(24-11)3-4-22-16(8)20/h3-5,12,15,23H,1H3,(H2,20,22). The van der Waals surface area contributed by atoms with Crippen LogP contribution >= 0.6 is 0 Å². The second kappa shape index (κ2) is 5.67. The number of hydrogen-bond donors (Lipinski definition) is 2. The first-order valence-electron chi connectivity index (χ1n) is 6.89. The molecule has 8 heteroatoms. The molecule has 0 fully saturated rings. The number of fused-ring (bicyclic) bond motifs is 1. The zero-order valence-electron chi connectivity index (χ0n) is 12.5. The minimum absolute atomic E-state index is 0.126. The Morgan fingerprint density at radius 1 is 1.54 bits per heavy atom. The Labute approximate surface area is 135 Å². The molecular weight excluding hydrogens is 316 g/mol. The summed E-state index contributed by atoms with van der Waals surface area (Å²) in [5.74, 6) is -0.589. The molecule has 120 valence electrons. The van der Waals surface area contributed by atoms with Crippen LogP contribution in [0, 0.1) is 17.9 Å². The Bertz CT molecular complexity index is 974. The van der Waals surface area contributed by atoms with Gasteiger partial charge in [0.05, 0.1) is 35.2 Å². The summed E-state index contributed by atoms with van der Waals surface area (Å²) in [7, 11) is 0. The topological polar surface area (TPSA) is 92.2 Å². The van der Waals surface area contributed by atoms with Gasteiger partial charge in [0.25, 0.3) is 6.43 Å². The summed E-state index contributed by atoms with van der Waals surface area (Å²) in [4.78, 5) is 7.34. The number of aromatic nitrogens is 1. The number of rotatable bonds is 2. The largest absolute Gasteiger partial charge is 0.461 e. The molecule has 24 heavy (non-hydrogen) atoms. The maximum Gasteiger partial charge on any atom is 0.279 e. The minimum atomic E-state index is -2.87. The lowest BCUT2D eigenvalue weighted by Gasteiger charge is -2.25. The van der Waals surface area contributed by atoms with E-state index < -0.39 is 18.0 Å². The molecule has 3 heterocycles. The molecule has 2 aromatic heterocycles. The zero-order chi connectivity index (χ0) is 17.4. The summed E-state index contributed by atoms with van der Waals surface area (Å²) in [5.41, 5.74) is 5.82. The molecule has 1 aliphatic rings. The first-order valence-corrected chi connectivity index (χ1v) is 6.89. The van der Waals surface area contributed by atoms with Gasteiger partial charge in [-0.1, -0.05) is 0 Å². The summed E-state index contributed by atoms with van der Waals surface area (Å²) in [5, 5.41) is 12.3. The van der Waals surface area contributed by atoms with Gasteiger partial charge in [-0.15, -0.1) is 0 Å². The van der Waals surface area contributed by atoms with Crippen molar-refractivity contribution < 1.29 is 13.2 Å². The van der Waals surface area contributed by atoms with Crippen LogP contribution < -0.4 is 11.1 Å². The van der Waals surface area contributed by atoms with Gasteiger partial charge in [0, 0.05) is 11.9 Å². The molecule has 1 unspecified atom stereocenters. The van der Waals surface area contributed by atoms with E-state index >= 15 is 0 Å². The summed E-state index contributed by atoms with van der Waals surface area (Å²) < 4.78 is 32.2. The van der Waals surface area contributed by atoms with E-state index in [1.54, 1.807) is 12.1 Å². The Morgan fingerprint density at radius 2 is 2.29 bits per heavy atom. The molecule has 1 atom stereocenters. The third-order valence-corrected chi connectivity index (χ3v) is 3.80. The number of hydrogen-bond acceptors (Lipinski definition) is 5. The van der Waals surface area contributed by atoms with E-state index in [9.17, 15) is 14.0 Å². The summed E-state index contributed by atoms with van der Waals surface area (Å²) in [6, 6.07) is 4.89. The van der Waals surface area contributed by atoms with Gasteiger partial charge in [-0.2, -0.15) is 5.26 Å². The van der Waals surface area contributed by atoms with Crippen LogP contribution in [0.15, 0.2) is 45.4 Å². The van der Waals surface area contributed by atoms with Gasteiger partial charge in [-0.3, -0.25) is 0 Å². The Balaban J connectivity index is 2.27. The van der Waals surface area contributed by atoms with E-state index in [2.05, 4.69) is 15.1 Å². The number of nitrogens with zero attached hydrogens (tertiary/aromatic N) is 3. The van der Waals surface area contributed by atoms with E-state index in [-0.39, 0.29) is 28.5 Å². The summed E-state index contributed by atoms with van der Waals surface area (Å²) >= 11 is 0. The van der Waals surface area contributed by atoms with Crippen LogP contribution in [0.4, 0.5) is 14.6 Å². The molecule has 0 aromatic carbocycles. The highest BCUT2D eigenvalue weighted by molar-refractivity contribution is 5.87. The van der Waals surface area contributed by atoms with Crippen molar-refractivity contribution in [1.82, 2.24) is 10.3 Å². The van der Waals surface area contributed by atoms with E-state index in [0.717, 1.165) is 0 Å². The number of alkyl halides is 2. The highest BCUT2D eigenvalue weighted by Crippen LogP contribution is 2.41.